The molecule has 1 heterocycles. The van der Waals surface area contributed by atoms with Gasteiger partial charge in [0.25, 0.3) is 0 Å². The predicted molar refractivity (Wildman–Crippen MR) is 60.8 cm³/mol. The van der Waals surface area contributed by atoms with Crippen molar-refractivity contribution in [3.8, 4) is 0 Å². The second-order valence-corrected chi connectivity index (χ2v) is 4.17. The van der Waals surface area contributed by atoms with E-state index < -0.39 is 0 Å². The molecule has 0 amide bonds. The van der Waals surface area contributed by atoms with Crippen molar-refractivity contribution < 1.29 is 0 Å². The summed E-state index contributed by atoms with van der Waals surface area (Å²) in [5, 5.41) is 3.44. The molecule has 3 N–H and O–H groups in total. The molecule has 76 valence electrons. The smallest absolute Gasteiger partial charge is 0.0378 e. The summed E-state index contributed by atoms with van der Waals surface area (Å²) < 4.78 is 0. The molecule has 1 aliphatic heterocycles. The third-order valence-corrected chi connectivity index (χ3v) is 3.20. The van der Waals surface area contributed by atoms with Gasteiger partial charge in [0, 0.05) is 12.2 Å². The second-order valence-electron chi connectivity index (χ2n) is 4.17. The molecular weight excluding hydrogens is 172 g/mol. The van der Waals surface area contributed by atoms with Crippen LogP contribution in [0.15, 0.2) is 12.1 Å². The van der Waals surface area contributed by atoms with Crippen molar-refractivity contribution in [2.75, 3.05) is 18.4 Å². The number of hydrogen-bond donors (Lipinski definition) is 2. The van der Waals surface area contributed by atoms with E-state index >= 15 is 0 Å². The average Bonchev–Trinajstić information content (AvgIpc) is 2.19. The van der Waals surface area contributed by atoms with Crippen LogP contribution in [0.2, 0.25) is 0 Å². The number of hydrogen-bond acceptors (Lipinski definition) is 2. The standard InChI is InChI=1S/C12H18N2/c1-8-5-11-10(7-13)3-4-14-12(11)6-9(8)2/h5-6,10,14H,3-4,7,13H2,1-2H3. The van der Waals surface area contributed by atoms with Gasteiger partial charge in [0.05, 0.1) is 0 Å². The highest BCUT2D eigenvalue weighted by Crippen LogP contribution is 2.32. The van der Waals surface area contributed by atoms with Crippen molar-refractivity contribution in [3.05, 3.63) is 28.8 Å². The van der Waals surface area contributed by atoms with Crippen LogP contribution in [0, 0.1) is 13.8 Å². The summed E-state index contributed by atoms with van der Waals surface area (Å²) in [6, 6.07) is 4.53. The number of nitrogens with one attached hydrogen (secondary N) is 1. The van der Waals surface area contributed by atoms with E-state index in [0.717, 1.165) is 19.5 Å². The van der Waals surface area contributed by atoms with E-state index in [1.54, 1.807) is 0 Å². The normalized spacial score (nSPS) is 20.1. The van der Waals surface area contributed by atoms with Gasteiger partial charge in [-0.3, -0.25) is 0 Å². The average molecular weight is 190 g/mol. The van der Waals surface area contributed by atoms with Crippen LogP contribution in [0.1, 0.15) is 29.0 Å². The number of anilines is 1. The Morgan fingerprint density at radius 3 is 2.79 bits per heavy atom. The van der Waals surface area contributed by atoms with E-state index in [1.165, 1.54) is 22.4 Å². The fourth-order valence-corrected chi connectivity index (χ4v) is 2.11. The summed E-state index contributed by atoms with van der Waals surface area (Å²) in [6.07, 6.45) is 1.16. The van der Waals surface area contributed by atoms with Crippen LogP contribution in [0.25, 0.3) is 0 Å². The first kappa shape index (κ1) is 9.53. The van der Waals surface area contributed by atoms with Gasteiger partial charge in [0.2, 0.25) is 0 Å². The topological polar surface area (TPSA) is 38.0 Å². The second kappa shape index (κ2) is 3.62. The summed E-state index contributed by atoms with van der Waals surface area (Å²) in [7, 11) is 0. The summed E-state index contributed by atoms with van der Waals surface area (Å²) >= 11 is 0. The first-order valence-electron chi connectivity index (χ1n) is 5.27. The zero-order valence-electron chi connectivity index (χ0n) is 8.93. The Hall–Kier alpha value is -1.02. The number of benzene rings is 1. The van der Waals surface area contributed by atoms with Gasteiger partial charge in [-0.05, 0) is 55.5 Å². The molecule has 0 saturated heterocycles. The molecule has 0 saturated carbocycles. The van der Waals surface area contributed by atoms with Crippen LogP contribution in [0.5, 0.6) is 0 Å². The molecule has 1 atom stereocenters. The Bertz CT molecular complexity index is 344. The maximum Gasteiger partial charge on any atom is 0.0378 e. The molecule has 14 heavy (non-hydrogen) atoms. The first-order valence-corrected chi connectivity index (χ1v) is 5.27. The third kappa shape index (κ3) is 1.50. The van der Waals surface area contributed by atoms with Gasteiger partial charge in [-0.1, -0.05) is 6.07 Å². The molecule has 1 aromatic carbocycles. The van der Waals surface area contributed by atoms with E-state index in [-0.39, 0.29) is 0 Å². The molecule has 0 fully saturated rings. The lowest BCUT2D eigenvalue weighted by molar-refractivity contribution is 0.636. The van der Waals surface area contributed by atoms with Gasteiger partial charge in [-0.2, -0.15) is 0 Å². The molecule has 1 aliphatic rings. The number of aryl methyl sites for hydroxylation is 2. The lowest BCUT2D eigenvalue weighted by Gasteiger charge is -2.26. The van der Waals surface area contributed by atoms with E-state index in [1.807, 2.05) is 0 Å². The third-order valence-electron chi connectivity index (χ3n) is 3.20. The number of nitrogens with two attached hydrogens (primary N) is 1. The summed E-state index contributed by atoms with van der Waals surface area (Å²) in [5.74, 6) is 0.547. The Kier molecular flexibility index (Phi) is 2.46. The fourth-order valence-electron chi connectivity index (χ4n) is 2.11. The predicted octanol–water partition coefficient (Wildman–Crippen LogP) is 2.16. The lowest BCUT2D eigenvalue weighted by Crippen LogP contribution is -2.22. The van der Waals surface area contributed by atoms with Gasteiger partial charge in [-0.25, -0.2) is 0 Å². The summed E-state index contributed by atoms with van der Waals surface area (Å²) in [4.78, 5) is 0. The van der Waals surface area contributed by atoms with Crippen LogP contribution >= 0.6 is 0 Å². The first-order chi connectivity index (χ1) is 6.72. The Morgan fingerprint density at radius 2 is 2.07 bits per heavy atom. The maximum absolute atomic E-state index is 5.78. The molecule has 0 bridgehead atoms. The van der Waals surface area contributed by atoms with E-state index in [0.29, 0.717) is 5.92 Å². The highest BCUT2D eigenvalue weighted by molar-refractivity contribution is 5.58. The monoisotopic (exact) mass is 190 g/mol. The highest BCUT2D eigenvalue weighted by Gasteiger charge is 2.18. The van der Waals surface area contributed by atoms with Crippen molar-refractivity contribution in [1.82, 2.24) is 0 Å². The zero-order chi connectivity index (χ0) is 10.1. The number of fused-ring (bicyclic) bond motifs is 1. The molecule has 0 radical (unpaired) electrons. The largest absolute Gasteiger partial charge is 0.385 e. The van der Waals surface area contributed by atoms with Gasteiger partial charge < -0.3 is 11.1 Å². The molecule has 0 spiro atoms. The van der Waals surface area contributed by atoms with E-state index in [4.69, 9.17) is 5.73 Å². The van der Waals surface area contributed by atoms with Crippen LogP contribution < -0.4 is 11.1 Å². The molecule has 1 aromatic rings. The van der Waals surface area contributed by atoms with E-state index in [9.17, 15) is 0 Å². The number of rotatable bonds is 1. The zero-order valence-corrected chi connectivity index (χ0v) is 8.93. The van der Waals surface area contributed by atoms with Crippen molar-refractivity contribution in [2.24, 2.45) is 5.73 Å². The van der Waals surface area contributed by atoms with Crippen LogP contribution in [0.3, 0.4) is 0 Å². The van der Waals surface area contributed by atoms with Crippen LogP contribution in [-0.2, 0) is 0 Å². The van der Waals surface area contributed by atoms with Crippen molar-refractivity contribution in [2.45, 2.75) is 26.2 Å². The SMILES string of the molecule is Cc1cc2c(cc1C)C(CN)CCN2. The lowest BCUT2D eigenvalue weighted by atomic mass is 9.88. The minimum atomic E-state index is 0.547. The van der Waals surface area contributed by atoms with Gasteiger partial charge in [0.15, 0.2) is 0 Å². The molecule has 2 nitrogen and oxygen atoms in total. The van der Waals surface area contributed by atoms with Crippen molar-refractivity contribution in [3.63, 3.8) is 0 Å². The van der Waals surface area contributed by atoms with Gasteiger partial charge >= 0.3 is 0 Å². The maximum atomic E-state index is 5.78. The minimum absolute atomic E-state index is 0.547. The molecule has 0 aromatic heterocycles. The summed E-state index contributed by atoms with van der Waals surface area (Å²) in [6.45, 7) is 6.13. The van der Waals surface area contributed by atoms with Crippen LogP contribution in [-0.4, -0.2) is 13.1 Å². The molecular formula is C12H18N2. The van der Waals surface area contributed by atoms with Crippen LogP contribution in [0.4, 0.5) is 5.69 Å². The molecule has 2 heteroatoms. The fraction of sp³-hybridized carbons (Fsp3) is 0.500. The summed E-state index contributed by atoms with van der Waals surface area (Å²) in [5.41, 5.74) is 11.2. The van der Waals surface area contributed by atoms with Crippen molar-refractivity contribution >= 4 is 5.69 Å². The molecule has 1 unspecified atom stereocenters. The Labute approximate surface area is 85.5 Å². The minimum Gasteiger partial charge on any atom is -0.385 e. The van der Waals surface area contributed by atoms with Gasteiger partial charge in [-0.15, -0.1) is 0 Å². The Balaban J connectivity index is 2.47. The quantitative estimate of drug-likeness (QED) is 0.712. The molecule has 2 rings (SSSR count). The highest BCUT2D eigenvalue weighted by atomic mass is 14.9. The van der Waals surface area contributed by atoms with E-state index in [2.05, 4.69) is 31.3 Å². The van der Waals surface area contributed by atoms with Gasteiger partial charge in [0.1, 0.15) is 0 Å². The van der Waals surface area contributed by atoms with Crippen molar-refractivity contribution in [1.29, 1.82) is 0 Å². The Morgan fingerprint density at radius 1 is 1.36 bits per heavy atom. The molecule has 0 aliphatic carbocycles.